The first kappa shape index (κ1) is 13.7. The Morgan fingerprint density at radius 3 is 2.41 bits per heavy atom. The monoisotopic (exact) mass is 255 g/mol. The molecule has 0 saturated carbocycles. The van der Waals surface area contributed by atoms with Gasteiger partial charge in [-0.1, -0.05) is 29.8 Å². The number of carboxylic acid groups (broad SMARTS) is 1. The standard InChI is InChI=1S/C12H17NO3S/c1-3-13-17(16,9-12(14)15)8-11-6-4-10(2)5-7-11/h4-7H,3,8-9H2,1-2H3,(H,14,15). The van der Waals surface area contributed by atoms with Crippen molar-refractivity contribution in [1.82, 2.24) is 0 Å². The first-order valence-corrected chi connectivity index (χ1v) is 7.26. The molecule has 1 aromatic rings. The molecule has 0 radical (unpaired) electrons. The molecule has 0 saturated heterocycles. The van der Waals surface area contributed by atoms with Crippen LogP contribution in [0.5, 0.6) is 0 Å². The number of hydrogen-bond acceptors (Lipinski definition) is 3. The van der Waals surface area contributed by atoms with Crippen LogP contribution in [0.1, 0.15) is 18.1 Å². The second kappa shape index (κ2) is 5.82. The van der Waals surface area contributed by atoms with Crippen molar-refractivity contribution < 1.29 is 14.1 Å². The fourth-order valence-corrected chi connectivity index (χ4v) is 3.37. The van der Waals surface area contributed by atoms with E-state index >= 15 is 0 Å². The number of benzene rings is 1. The second-order valence-corrected chi connectivity index (χ2v) is 6.27. The zero-order chi connectivity index (χ0) is 12.9. The third-order valence-corrected chi connectivity index (χ3v) is 4.44. The molecule has 94 valence electrons. The van der Waals surface area contributed by atoms with Gasteiger partial charge in [0.15, 0.2) is 0 Å². The van der Waals surface area contributed by atoms with Crippen molar-refractivity contribution in [2.45, 2.75) is 19.6 Å². The molecule has 0 heterocycles. The normalized spacial score (nSPS) is 14.0. The Kier molecular flexibility index (Phi) is 4.69. The molecule has 1 aromatic carbocycles. The van der Waals surface area contributed by atoms with Crippen LogP contribution in [0.15, 0.2) is 28.6 Å². The number of nitrogens with zero attached hydrogens (tertiary/aromatic N) is 1. The molecule has 0 aliphatic heterocycles. The number of carbonyl (C=O) groups is 1. The van der Waals surface area contributed by atoms with Crippen molar-refractivity contribution in [3.8, 4) is 0 Å². The Balaban J connectivity index is 2.95. The smallest absolute Gasteiger partial charge is 0.317 e. The van der Waals surface area contributed by atoms with Crippen molar-refractivity contribution in [3.63, 3.8) is 0 Å². The molecule has 1 rings (SSSR count). The van der Waals surface area contributed by atoms with Gasteiger partial charge in [-0.2, -0.15) is 0 Å². The Hall–Kier alpha value is -1.36. The van der Waals surface area contributed by atoms with Gasteiger partial charge in [-0.15, -0.1) is 0 Å². The van der Waals surface area contributed by atoms with Gasteiger partial charge in [-0.25, -0.2) is 8.57 Å². The SMILES string of the molecule is CCN=S(=O)(CC(=O)O)Cc1ccc(C)cc1. The summed E-state index contributed by atoms with van der Waals surface area (Å²) in [6, 6.07) is 7.56. The van der Waals surface area contributed by atoms with Crippen molar-refractivity contribution in [1.29, 1.82) is 0 Å². The van der Waals surface area contributed by atoms with E-state index in [9.17, 15) is 9.00 Å². The first-order chi connectivity index (χ1) is 7.95. The summed E-state index contributed by atoms with van der Waals surface area (Å²) in [6.45, 7) is 4.10. The summed E-state index contributed by atoms with van der Waals surface area (Å²) < 4.78 is 16.3. The quantitative estimate of drug-likeness (QED) is 0.875. The number of aryl methyl sites for hydroxylation is 1. The molecule has 1 unspecified atom stereocenters. The molecule has 0 aliphatic rings. The fourth-order valence-electron chi connectivity index (χ4n) is 1.52. The van der Waals surface area contributed by atoms with Crippen molar-refractivity contribution >= 4 is 15.7 Å². The van der Waals surface area contributed by atoms with E-state index in [4.69, 9.17) is 5.11 Å². The van der Waals surface area contributed by atoms with Crippen molar-refractivity contribution in [3.05, 3.63) is 35.4 Å². The molecule has 0 fully saturated rings. The van der Waals surface area contributed by atoms with Crippen LogP contribution in [0, 0.1) is 6.92 Å². The van der Waals surface area contributed by atoms with Gasteiger partial charge in [0.25, 0.3) is 0 Å². The molecule has 0 spiro atoms. The topological polar surface area (TPSA) is 66.7 Å². The lowest BCUT2D eigenvalue weighted by Gasteiger charge is -2.08. The molecule has 0 bridgehead atoms. The average molecular weight is 255 g/mol. The van der Waals surface area contributed by atoms with Crippen LogP contribution in [-0.2, 0) is 20.3 Å². The van der Waals surface area contributed by atoms with Gasteiger partial charge in [-0.3, -0.25) is 4.79 Å². The average Bonchev–Trinajstić information content (AvgIpc) is 2.20. The van der Waals surface area contributed by atoms with Crippen LogP contribution in [0.2, 0.25) is 0 Å². The van der Waals surface area contributed by atoms with Gasteiger partial charge in [0, 0.05) is 6.54 Å². The first-order valence-electron chi connectivity index (χ1n) is 5.41. The lowest BCUT2D eigenvalue weighted by molar-refractivity contribution is -0.134. The minimum absolute atomic E-state index is 0.202. The van der Waals surface area contributed by atoms with Crippen LogP contribution in [0.4, 0.5) is 0 Å². The van der Waals surface area contributed by atoms with Gasteiger partial charge in [0.05, 0.1) is 15.5 Å². The maximum Gasteiger partial charge on any atom is 0.317 e. The summed E-state index contributed by atoms with van der Waals surface area (Å²) in [5.41, 5.74) is 1.98. The predicted molar refractivity (Wildman–Crippen MR) is 68.5 cm³/mol. The maximum absolute atomic E-state index is 12.3. The number of carboxylic acids is 1. The third-order valence-electron chi connectivity index (χ3n) is 2.23. The zero-order valence-electron chi connectivity index (χ0n) is 10.0. The molecule has 0 amide bonds. The van der Waals surface area contributed by atoms with E-state index in [0.717, 1.165) is 11.1 Å². The summed E-state index contributed by atoms with van der Waals surface area (Å²) >= 11 is 0. The summed E-state index contributed by atoms with van der Waals surface area (Å²) in [5.74, 6) is -1.26. The highest BCUT2D eigenvalue weighted by molar-refractivity contribution is 7.93. The molecule has 5 heteroatoms. The minimum atomic E-state index is -2.68. The lowest BCUT2D eigenvalue weighted by atomic mass is 10.2. The largest absolute Gasteiger partial charge is 0.481 e. The molecular formula is C12H17NO3S. The highest BCUT2D eigenvalue weighted by Crippen LogP contribution is 2.10. The Morgan fingerprint density at radius 2 is 1.94 bits per heavy atom. The molecule has 17 heavy (non-hydrogen) atoms. The zero-order valence-corrected chi connectivity index (χ0v) is 10.9. The van der Waals surface area contributed by atoms with Crippen LogP contribution >= 0.6 is 0 Å². The Bertz CT molecular complexity index is 499. The van der Waals surface area contributed by atoms with Gasteiger partial charge in [0.1, 0.15) is 5.75 Å². The molecule has 1 atom stereocenters. The summed E-state index contributed by atoms with van der Waals surface area (Å²) in [4.78, 5) is 10.7. The van der Waals surface area contributed by atoms with Gasteiger partial charge in [-0.05, 0) is 19.4 Å². The van der Waals surface area contributed by atoms with E-state index in [1.807, 2.05) is 31.2 Å². The van der Waals surface area contributed by atoms with Crippen LogP contribution < -0.4 is 0 Å². The Labute approximate surface area is 102 Å². The fraction of sp³-hybridized carbons (Fsp3) is 0.417. The van der Waals surface area contributed by atoms with E-state index in [1.54, 1.807) is 6.92 Å². The second-order valence-electron chi connectivity index (χ2n) is 3.89. The van der Waals surface area contributed by atoms with E-state index in [2.05, 4.69) is 4.36 Å². The lowest BCUT2D eigenvalue weighted by Crippen LogP contribution is -2.17. The highest BCUT2D eigenvalue weighted by atomic mass is 32.2. The van der Waals surface area contributed by atoms with Gasteiger partial charge in [0.2, 0.25) is 0 Å². The van der Waals surface area contributed by atoms with Gasteiger partial charge < -0.3 is 5.11 Å². The minimum Gasteiger partial charge on any atom is -0.481 e. The molecule has 4 nitrogen and oxygen atoms in total. The van der Waals surface area contributed by atoms with E-state index in [-0.39, 0.29) is 5.75 Å². The van der Waals surface area contributed by atoms with Gasteiger partial charge >= 0.3 is 5.97 Å². The third kappa shape index (κ3) is 4.56. The number of aliphatic carboxylic acids is 1. The number of hydrogen-bond donors (Lipinski definition) is 1. The van der Waals surface area contributed by atoms with Crippen molar-refractivity contribution in [2.75, 3.05) is 12.3 Å². The molecule has 1 N–H and O–H groups in total. The molecular weight excluding hydrogens is 238 g/mol. The van der Waals surface area contributed by atoms with E-state index in [0.29, 0.717) is 6.54 Å². The summed E-state index contributed by atoms with van der Waals surface area (Å²) in [7, 11) is -2.68. The summed E-state index contributed by atoms with van der Waals surface area (Å²) in [6.07, 6.45) is 0. The van der Waals surface area contributed by atoms with Crippen LogP contribution in [0.3, 0.4) is 0 Å². The van der Waals surface area contributed by atoms with Crippen molar-refractivity contribution in [2.24, 2.45) is 4.36 Å². The highest BCUT2D eigenvalue weighted by Gasteiger charge is 2.14. The van der Waals surface area contributed by atoms with E-state index < -0.39 is 21.5 Å². The van der Waals surface area contributed by atoms with Crippen LogP contribution in [-0.4, -0.2) is 27.6 Å². The maximum atomic E-state index is 12.3. The van der Waals surface area contributed by atoms with E-state index in [1.165, 1.54) is 0 Å². The molecule has 0 aliphatic carbocycles. The summed E-state index contributed by atoms with van der Waals surface area (Å²) in [5, 5.41) is 8.76. The van der Waals surface area contributed by atoms with Crippen LogP contribution in [0.25, 0.3) is 0 Å². The Morgan fingerprint density at radius 1 is 1.35 bits per heavy atom. The molecule has 0 aromatic heterocycles. The number of rotatable bonds is 5. The predicted octanol–water partition coefficient (Wildman–Crippen LogP) is 2.07.